The van der Waals surface area contributed by atoms with Crippen molar-refractivity contribution in [2.75, 3.05) is 18.9 Å². The summed E-state index contributed by atoms with van der Waals surface area (Å²) in [6, 6.07) is -0.161. The number of hydrogen-bond acceptors (Lipinski definition) is 5. The number of sulfonamides is 1. The van der Waals surface area contributed by atoms with Crippen molar-refractivity contribution in [2.45, 2.75) is 44.6 Å². The minimum absolute atomic E-state index is 0.00102. The summed E-state index contributed by atoms with van der Waals surface area (Å²) in [5, 5.41) is 13.1. The van der Waals surface area contributed by atoms with E-state index in [2.05, 4.69) is 5.10 Å². The van der Waals surface area contributed by atoms with Crippen LogP contribution >= 0.6 is 0 Å². The first-order valence-corrected chi connectivity index (χ1v) is 8.16. The highest BCUT2D eigenvalue weighted by Crippen LogP contribution is 2.27. The van der Waals surface area contributed by atoms with Gasteiger partial charge in [0.2, 0.25) is 10.0 Å². The molecule has 1 rings (SSSR count). The molecule has 8 heteroatoms. The third-order valence-corrected chi connectivity index (χ3v) is 5.66. The minimum Gasteiger partial charge on any atom is -0.395 e. The Morgan fingerprint density at radius 3 is 2.30 bits per heavy atom. The number of nitrogens with two attached hydrogens (primary N) is 1. The maximum Gasteiger partial charge on any atom is 0.248 e. The minimum atomic E-state index is -3.76. The van der Waals surface area contributed by atoms with E-state index in [0.29, 0.717) is 18.5 Å². The van der Waals surface area contributed by atoms with Crippen LogP contribution < -0.4 is 5.73 Å². The van der Waals surface area contributed by atoms with E-state index in [1.165, 1.54) is 8.99 Å². The topological polar surface area (TPSA) is 101 Å². The molecule has 0 saturated heterocycles. The van der Waals surface area contributed by atoms with Crippen molar-refractivity contribution in [2.24, 2.45) is 7.05 Å². The SMILES string of the molecule is CCC(CC)N(CCO)S(=O)(=O)c1c(N)nn(C)c1C. The number of rotatable bonds is 7. The molecule has 0 fully saturated rings. The van der Waals surface area contributed by atoms with Crippen LogP contribution in [-0.4, -0.2) is 46.8 Å². The summed E-state index contributed by atoms with van der Waals surface area (Å²) in [6.45, 7) is 5.35. The van der Waals surface area contributed by atoms with Crippen LogP contribution in [0.5, 0.6) is 0 Å². The molecule has 0 aromatic carbocycles. The summed E-state index contributed by atoms with van der Waals surface area (Å²) < 4.78 is 28.4. The van der Waals surface area contributed by atoms with Crippen molar-refractivity contribution >= 4 is 15.8 Å². The molecule has 3 N–H and O–H groups in total. The van der Waals surface area contributed by atoms with Gasteiger partial charge >= 0.3 is 0 Å². The zero-order valence-corrected chi connectivity index (χ0v) is 13.3. The molecule has 7 nitrogen and oxygen atoms in total. The first-order valence-electron chi connectivity index (χ1n) is 6.72. The fourth-order valence-corrected chi connectivity index (χ4v) is 4.40. The Hall–Kier alpha value is -1.12. The van der Waals surface area contributed by atoms with Crippen LogP contribution in [-0.2, 0) is 17.1 Å². The van der Waals surface area contributed by atoms with Gasteiger partial charge in [0.05, 0.1) is 12.3 Å². The van der Waals surface area contributed by atoms with Gasteiger partial charge in [-0.15, -0.1) is 0 Å². The van der Waals surface area contributed by atoms with Gasteiger partial charge in [-0.3, -0.25) is 4.68 Å². The van der Waals surface area contributed by atoms with Gasteiger partial charge < -0.3 is 10.8 Å². The number of aliphatic hydroxyl groups excluding tert-OH is 1. The summed E-state index contributed by atoms with van der Waals surface area (Å²) in [6.07, 6.45) is 1.35. The van der Waals surface area contributed by atoms with Crippen molar-refractivity contribution < 1.29 is 13.5 Å². The molecule has 0 spiro atoms. The van der Waals surface area contributed by atoms with Gasteiger partial charge in [-0.05, 0) is 19.8 Å². The predicted molar refractivity (Wildman–Crippen MR) is 77.7 cm³/mol. The lowest BCUT2D eigenvalue weighted by atomic mass is 10.2. The van der Waals surface area contributed by atoms with Crippen molar-refractivity contribution in [1.29, 1.82) is 0 Å². The summed E-state index contributed by atoms with van der Waals surface area (Å²) in [5.41, 5.74) is 6.24. The number of anilines is 1. The van der Waals surface area contributed by atoms with Gasteiger partial charge in [0, 0.05) is 19.6 Å². The van der Waals surface area contributed by atoms with Gasteiger partial charge in [0.25, 0.3) is 0 Å². The average Bonchev–Trinajstić information content (AvgIpc) is 2.63. The molecule has 0 saturated carbocycles. The standard InChI is InChI=1S/C12H24N4O3S/c1-5-10(6-2)16(7-8-17)20(18,19)11-9(3)15(4)14-12(11)13/h10,17H,5-8H2,1-4H3,(H2,13,14). The summed E-state index contributed by atoms with van der Waals surface area (Å²) in [7, 11) is -2.11. The number of nitrogens with zero attached hydrogens (tertiary/aromatic N) is 3. The van der Waals surface area contributed by atoms with E-state index >= 15 is 0 Å². The monoisotopic (exact) mass is 304 g/mol. The Morgan fingerprint density at radius 1 is 1.40 bits per heavy atom. The first kappa shape index (κ1) is 16.9. The van der Waals surface area contributed by atoms with Crippen molar-refractivity contribution in [1.82, 2.24) is 14.1 Å². The molecule has 0 unspecified atom stereocenters. The van der Waals surface area contributed by atoms with E-state index in [0.717, 1.165) is 0 Å². The zero-order chi connectivity index (χ0) is 15.5. The molecule has 116 valence electrons. The smallest absolute Gasteiger partial charge is 0.248 e. The van der Waals surface area contributed by atoms with Crippen LogP contribution in [0.2, 0.25) is 0 Å². The highest BCUT2D eigenvalue weighted by atomic mass is 32.2. The lowest BCUT2D eigenvalue weighted by Crippen LogP contribution is -2.41. The number of aliphatic hydroxyl groups is 1. The van der Waals surface area contributed by atoms with Gasteiger partial charge in [-0.25, -0.2) is 8.42 Å². The van der Waals surface area contributed by atoms with Gasteiger partial charge in [0.15, 0.2) is 5.82 Å². The lowest BCUT2D eigenvalue weighted by molar-refractivity contribution is 0.219. The second-order valence-electron chi connectivity index (χ2n) is 4.73. The molecular formula is C12H24N4O3S. The number of nitrogen functional groups attached to an aromatic ring is 1. The second kappa shape index (κ2) is 6.55. The van der Waals surface area contributed by atoms with Gasteiger partial charge in [0.1, 0.15) is 4.90 Å². The fraction of sp³-hybridized carbons (Fsp3) is 0.750. The van der Waals surface area contributed by atoms with Crippen LogP contribution in [0.25, 0.3) is 0 Å². The molecule has 0 atom stereocenters. The molecule has 20 heavy (non-hydrogen) atoms. The quantitative estimate of drug-likeness (QED) is 0.763. The van der Waals surface area contributed by atoms with E-state index in [9.17, 15) is 13.5 Å². The van der Waals surface area contributed by atoms with Crippen molar-refractivity contribution in [3.05, 3.63) is 5.69 Å². The highest BCUT2D eigenvalue weighted by molar-refractivity contribution is 7.89. The Kier molecular flexibility index (Phi) is 5.55. The summed E-state index contributed by atoms with van der Waals surface area (Å²) in [4.78, 5) is 0.0420. The maximum absolute atomic E-state index is 12.8. The Bertz CT molecular complexity index is 549. The molecule has 0 bridgehead atoms. The molecule has 1 heterocycles. The largest absolute Gasteiger partial charge is 0.395 e. The summed E-state index contributed by atoms with van der Waals surface area (Å²) >= 11 is 0. The Labute approximate surface area is 120 Å². The summed E-state index contributed by atoms with van der Waals surface area (Å²) in [5.74, 6) is -0.00102. The Balaban J connectivity index is 3.36. The van der Waals surface area contributed by atoms with E-state index in [1.807, 2.05) is 13.8 Å². The van der Waals surface area contributed by atoms with Crippen LogP contribution in [0, 0.1) is 6.92 Å². The number of hydrogen-bond donors (Lipinski definition) is 2. The third-order valence-electron chi connectivity index (χ3n) is 3.54. The average molecular weight is 304 g/mol. The predicted octanol–water partition coefficient (Wildman–Crippen LogP) is 0.482. The molecule has 0 aliphatic carbocycles. The zero-order valence-electron chi connectivity index (χ0n) is 12.5. The van der Waals surface area contributed by atoms with Gasteiger partial charge in [-0.1, -0.05) is 13.8 Å². The second-order valence-corrected chi connectivity index (χ2v) is 6.56. The van der Waals surface area contributed by atoms with Crippen LogP contribution in [0.1, 0.15) is 32.4 Å². The fourth-order valence-electron chi connectivity index (χ4n) is 2.34. The molecule has 0 aliphatic rings. The number of aromatic nitrogens is 2. The molecule has 0 aliphatic heterocycles. The number of aryl methyl sites for hydroxylation is 1. The van der Waals surface area contributed by atoms with Gasteiger partial charge in [-0.2, -0.15) is 9.40 Å². The lowest BCUT2D eigenvalue weighted by Gasteiger charge is -2.28. The van der Waals surface area contributed by atoms with Crippen LogP contribution in [0.3, 0.4) is 0 Å². The van der Waals surface area contributed by atoms with Crippen molar-refractivity contribution in [3.63, 3.8) is 0 Å². The first-order chi connectivity index (χ1) is 9.31. The molecular weight excluding hydrogens is 280 g/mol. The molecule has 1 aromatic heterocycles. The molecule has 0 amide bonds. The van der Waals surface area contributed by atoms with E-state index < -0.39 is 10.0 Å². The van der Waals surface area contributed by atoms with Crippen molar-refractivity contribution in [3.8, 4) is 0 Å². The van der Waals surface area contributed by atoms with E-state index in [-0.39, 0.29) is 29.9 Å². The molecule has 1 aromatic rings. The normalized spacial score (nSPS) is 12.6. The molecule has 0 radical (unpaired) electrons. The Morgan fingerprint density at radius 2 is 1.95 bits per heavy atom. The van der Waals surface area contributed by atoms with Crippen LogP contribution in [0.4, 0.5) is 5.82 Å². The van der Waals surface area contributed by atoms with E-state index in [1.54, 1.807) is 14.0 Å². The third kappa shape index (κ3) is 2.97. The maximum atomic E-state index is 12.8. The van der Waals surface area contributed by atoms with Crippen LogP contribution in [0.15, 0.2) is 4.90 Å². The van der Waals surface area contributed by atoms with E-state index in [4.69, 9.17) is 5.73 Å². The highest BCUT2D eigenvalue weighted by Gasteiger charge is 2.34.